The van der Waals surface area contributed by atoms with E-state index in [1.807, 2.05) is 6.92 Å². The number of carbonyl (C=O) groups excluding carboxylic acids is 1. The predicted molar refractivity (Wildman–Crippen MR) is 57.2 cm³/mol. The minimum absolute atomic E-state index is 0.468. The number of aldehydes is 1. The van der Waals surface area contributed by atoms with Crippen molar-refractivity contribution in [3.8, 4) is 0 Å². The summed E-state index contributed by atoms with van der Waals surface area (Å²) in [5.74, 6) is -2.29. The fraction of sp³-hybridized carbons (Fsp3) is 0.583. The SMILES string of the molecule is CCCCC1C(C=O)=CC=CC1(F)OC. The third-order valence-corrected chi connectivity index (χ3v) is 2.78. The van der Waals surface area contributed by atoms with Crippen molar-refractivity contribution in [1.82, 2.24) is 0 Å². The van der Waals surface area contributed by atoms with Gasteiger partial charge in [0, 0.05) is 12.7 Å². The van der Waals surface area contributed by atoms with Gasteiger partial charge in [-0.25, -0.2) is 4.39 Å². The van der Waals surface area contributed by atoms with Crippen LogP contribution in [-0.2, 0) is 9.53 Å². The van der Waals surface area contributed by atoms with Gasteiger partial charge in [0.2, 0.25) is 5.85 Å². The lowest BCUT2D eigenvalue weighted by atomic mass is 9.84. The second-order valence-electron chi connectivity index (χ2n) is 3.74. The summed E-state index contributed by atoms with van der Waals surface area (Å²) in [7, 11) is 1.33. The van der Waals surface area contributed by atoms with E-state index in [4.69, 9.17) is 4.74 Å². The molecule has 1 aliphatic carbocycles. The van der Waals surface area contributed by atoms with Gasteiger partial charge in [-0.05, 0) is 12.5 Å². The quantitative estimate of drug-likeness (QED) is 0.655. The average Bonchev–Trinajstić information content (AvgIpc) is 2.27. The van der Waals surface area contributed by atoms with Gasteiger partial charge in [0.05, 0.1) is 5.92 Å². The van der Waals surface area contributed by atoms with Crippen LogP contribution in [0.1, 0.15) is 26.2 Å². The zero-order valence-electron chi connectivity index (χ0n) is 9.20. The van der Waals surface area contributed by atoms with Gasteiger partial charge in [-0.15, -0.1) is 0 Å². The molecule has 1 aliphatic rings. The van der Waals surface area contributed by atoms with E-state index in [2.05, 4.69) is 0 Å². The van der Waals surface area contributed by atoms with Crippen LogP contribution in [0.4, 0.5) is 4.39 Å². The molecule has 15 heavy (non-hydrogen) atoms. The maximum atomic E-state index is 14.2. The number of methoxy groups -OCH3 is 1. The number of halogens is 1. The Labute approximate surface area is 89.8 Å². The summed E-state index contributed by atoms with van der Waals surface area (Å²) < 4.78 is 19.1. The number of ether oxygens (including phenoxy) is 1. The van der Waals surface area contributed by atoms with Crippen molar-refractivity contribution in [2.45, 2.75) is 32.0 Å². The van der Waals surface area contributed by atoms with Gasteiger partial charge < -0.3 is 4.74 Å². The average molecular weight is 212 g/mol. The summed E-state index contributed by atoms with van der Waals surface area (Å²) in [6, 6.07) is 0. The van der Waals surface area contributed by atoms with Gasteiger partial charge in [-0.3, -0.25) is 4.79 Å². The molecule has 0 amide bonds. The Hall–Kier alpha value is -0.960. The van der Waals surface area contributed by atoms with Crippen LogP contribution in [-0.4, -0.2) is 19.3 Å². The highest BCUT2D eigenvalue weighted by atomic mass is 19.2. The molecule has 0 saturated heterocycles. The number of alkyl halides is 1. The molecule has 0 N–H and O–H groups in total. The van der Waals surface area contributed by atoms with Gasteiger partial charge in [0.25, 0.3) is 0 Å². The Bertz CT molecular complexity index is 283. The maximum Gasteiger partial charge on any atom is 0.235 e. The lowest BCUT2D eigenvalue weighted by Gasteiger charge is -2.32. The highest BCUT2D eigenvalue weighted by molar-refractivity contribution is 5.75. The van der Waals surface area contributed by atoms with Crippen LogP contribution in [0, 0.1) is 5.92 Å². The monoisotopic (exact) mass is 212 g/mol. The zero-order chi connectivity index (χ0) is 11.3. The van der Waals surface area contributed by atoms with Gasteiger partial charge in [-0.2, -0.15) is 0 Å². The Morgan fingerprint density at radius 1 is 1.67 bits per heavy atom. The Balaban J connectivity index is 2.86. The molecule has 0 aromatic heterocycles. The molecule has 0 aromatic rings. The molecule has 0 spiro atoms. The van der Waals surface area contributed by atoms with E-state index in [0.29, 0.717) is 12.0 Å². The number of rotatable bonds is 5. The summed E-state index contributed by atoms with van der Waals surface area (Å²) >= 11 is 0. The van der Waals surface area contributed by atoms with Crippen LogP contribution in [0.15, 0.2) is 23.8 Å². The van der Waals surface area contributed by atoms with Crippen molar-refractivity contribution in [2.75, 3.05) is 7.11 Å². The molecule has 0 radical (unpaired) electrons. The molecule has 84 valence electrons. The van der Waals surface area contributed by atoms with E-state index >= 15 is 0 Å². The first kappa shape index (κ1) is 12.1. The Morgan fingerprint density at radius 2 is 2.40 bits per heavy atom. The van der Waals surface area contributed by atoms with Crippen LogP contribution >= 0.6 is 0 Å². The first-order chi connectivity index (χ1) is 7.18. The molecular formula is C12H17FO2. The largest absolute Gasteiger partial charge is 0.346 e. The van der Waals surface area contributed by atoms with E-state index in [-0.39, 0.29) is 0 Å². The fourth-order valence-corrected chi connectivity index (χ4v) is 1.85. The Kier molecular flexibility index (Phi) is 4.21. The fourth-order valence-electron chi connectivity index (χ4n) is 1.85. The molecule has 0 bridgehead atoms. The molecule has 2 nitrogen and oxygen atoms in total. The summed E-state index contributed by atoms with van der Waals surface area (Å²) in [4.78, 5) is 10.8. The predicted octanol–water partition coefficient (Wildman–Crippen LogP) is 2.80. The molecule has 2 atom stereocenters. The second kappa shape index (κ2) is 5.21. The second-order valence-corrected chi connectivity index (χ2v) is 3.74. The standard InChI is InChI=1S/C12H17FO2/c1-3-4-7-11-10(9-14)6-5-8-12(11,13)15-2/h5-6,8-9,11H,3-4,7H2,1-2H3. The van der Waals surface area contributed by atoms with Gasteiger partial charge in [-0.1, -0.05) is 31.9 Å². The highest BCUT2D eigenvalue weighted by Crippen LogP contribution is 2.36. The summed E-state index contributed by atoms with van der Waals surface area (Å²) in [5.41, 5.74) is 0.482. The molecule has 0 fully saturated rings. The summed E-state index contributed by atoms with van der Waals surface area (Å²) in [5, 5.41) is 0. The summed E-state index contributed by atoms with van der Waals surface area (Å²) in [6.45, 7) is 2.04. The van der Waals surface area contributed by atoms with Crippen molar-refractivity contribution in [3.05, 3.63) is 23.8 Å². The van der Waals surface area contributed by atoms with Crippen LogP contribution < -0.4 is 0 Å². The maximum absolute atomic E-state index is 14.2. The van der Waals surface area contributed by atoms with E-state index in [1.165, 1.54) is 19.3 Å². The minimum Gasteiger partial charge on any atom is -0.346 e. The Morgan fingerprint density at radius 3 is 2.93 bits per heavy atom. The van der Waals surface area contributed by atoms with Crippen molar-refractivity contribution in [2.24, 2.45) is 5.92 Å². The van der Waals surface area contributed by atoms with E-state index in [1.54, 1.807) is 6.08 Å². The molecule has 1 rings (SSSR count). The first-order valence-electron chi connectivity index (χ1n) is 5.26. The minimum atomic E-state index is -1.82. The smallest absolute Gasteiger partial charge is 0.235 e. The third kappa shape index (κ3) is 2.53. The van der Waals surface area contributed by atoms with Crippen LogP contribution in [0.3, 0.4) is 0 Å². The van der Waals surface area contributed by atoms with Crippen molar-refractivity contribution < 1.29 is 13.9 Å². The third-order valence-electron chi connectivity index (χ3n) is 2.78. The van der Waals surface area contributed by atoms with E-state index in [0.717, 1.165) is 19.1 Å². The number of hydrogen-bond donors (Lipinski definition) is 0. The number of allylic oxidation sites excluding steroid dienone is 2. The first-order valence-corrected chi connectivity index (χ1v) is 5.26. The van der Waals surface area contributed by atoms with E-state index < -0.39 is 11.8 Å². The topological polar surface area (TPSA) is 26.3 Å². The highest BCUT2D eigenvalue weighted by Gasteiger charge is 2.40. The van der Waals surface area contributed by atoms with Crippen molar-refractivity contribution in [3.63, 3.8) is 0 Å². The van der Waals surface area contributed by atoms with Gasteiger partial charge in [0.1, 0.15) is 6.29 Å². The molecule has 3 heteroatoms. The normalized spacial score (nSPS) is 30.1. The number of unbranched alkanes of at least 4 members (excludes halogenated alkanes) is 1. The van der Waals surface area contributed by atoms with Crippen molar-refractivity contribution in [1.29, 1.82) is 0 Å². The molecule has 0 aromatic carbocycles. The molecular weight excluding hydrogens is 195 g/mol. The molecule has 2 unspecified atom stereocenters. The molecule has 0 heterocycles. The van der Waals surface area contributed by atoms with E-state index in [9.17, 15) is 9.18 Å². The van der Waals surface area contributed by atoms with Gasteiger partial charge >= 0.3 is 0 Å². The van der Waals surface area contributed by atoms with Gasteiger partial charge in [0.15, 0.2) is 0 Å². The van der Waals surface area contributed by atoms with Crippen molar-refractivity contribution >= 4 is 6.29 Å². The number of carbonyl (C=O) groups is 1. The summed E-state index contributed by atoms with van der Waals surface area (Å²) in [6.07, 6.45) is 7.79. The lowest BCUT2D eigenvalue weighted by molar-refractivity contribution is -0.123. The lowest BCUT2D eigenvalue weighted by Crippen LogP contribution is -2.36. The van der Waals surface area contributed by atoms with Crippen LogP contribution in [0.5, 0.6) is 0 Å². The molecule has 0 saturated carbocycles. The zero-order valence-corrected chi connectivity index (χ0v) is 9.20. The molecule has 0 aliphatic heterocycles. The van der Waals surface area contributed by atoms with Crippen LogP contribution in [0.25, 0.3) is 0 Å². The number of hydrogen-bond acceptors (Lipinski definition) is 2. The van der Waals surface area contributed by atoms with Crippen LogP contribution in [0.2, 0.25) is 0 Å².